The second-order valence-corrected chi connectivity index (χ2v) is 6.66. The van der Waals surface area contributed by atoms with E-state index >= 15 is 0 Å². The molecule has 0 saturated heterocycles. The molecule has 2 aromatic carbocycles. The fraction of sp³-hybridized carbons (Fsp3) is 0.273. The van der Waals surface area contributed by atoms with Gasteiger partial charge in [-0.1, -0.05) is 55.3 Å². The summed E-state index contributed by atoms with van der Waals surface area (Å²) >= 11 is 6.35. The zero-order chi connectivity index (χ0) is 19.1. The van der Waals surface area contributed by atoms with Crippen LogP contribution in [0, 0.1) is 11.3 Å². The van der Waals surface area contributed by atoms with Crippen LogP contribution in [0.2, 0.25) is 5.15 Å². The molecule has 0 aliphatic rings. The zero-order valence-electron chi connectivity index (χ0n) is 15.4. The maximum atomic E-state index is 9.19. The number of imidazole rings is 1. The van der Waals surface area contributed by atoms with Crippen molar-refractivity contribution in [3.63, 3.8) is 0 Å². The lowest BCUT2D eigenvalue weighted by atomic mass is 10.1. The first-order valence-electron chi connectivity index (χ1n) is 9.12. The molecule has 0 bridgehead atoms. The number of nitrogens with zero attached hydrogens (tertiary/aromatic N) is 3. The lowest BCUT2D eigenvalue weighted by molar-refractivity contribution is 0.309. The van der Waals surface area contributed by atoms with Gasteiger partial charge in [-0.2, -0.15) is 5.26 Å². The van der Waals surface area contributed by atoms with Gasteiger partial charge in [-0.05, 0) is 36.2 Å². The standard InChI is InChI=1S/C22H22ClN3O/c1-2-3-15-27-19-11-9-18(10-12-19)22-25-21(23)20(13-14-24)26(22)16-17-7-5-4-6-8-17/h4-12H,2-3,13,15-16H2,1H3. The molecule has 0 radical (unpaired) electrons. The second-order valence-electron chi connectivity index (χ2n) is 6.31. The van der Waals surface area contributed by atoms with Crippen LogP contribution in [0.1, 0.15) is 31.0 Å². The molecule has 3 rings (SSSR count). The summed E-state index contributed by atoms with van der Waals surface area (Å²) in [6, 6.07) is 20.1. The van der Waals surface area contributed by atoms with Crippen LogP contribution in [0.3, 0.4) is 0 Å². The molecule has 0 fully saturated rings. The number of hydrogen-bond donors (Lipinski definition) is 0. The monoisotopic (exact) mass is 379 g/mol. The normalized spacial score (nSPS) is 10.6. The maximum Gasteiger partial charge on any atom is 0.152 e. The minimum absolute atomic E-state index is 0.219. The van der Waals surface area contributed by atoms with Gasteiger partial charge in [0.15, 0.2) is 5.15 Å². The molecule has 1 heterocycles. The van der Waals surface area contributed by atoms with Crippen molar-refractivity contribution in [2.75, 3.05) is 6.61 Å². The number of hydrogen-bond acceptors (Lipinski definition) is 3. The van der Waals surface area contributed by atoms with Crippen LogP contribution in [-0.4, -0.2) is 16.2 Å². The SMILES string of the molecule is CCCCOc1ccc(-c2nc(Cl)c(CC#N)n2Cc2ccccc2)cc1. The summed E-state index contributed by atoms with van der Waals surface area (Å²) in [5.74, 6) is 1.60. The van der Waals surface area contributed by atoms with Gasteiger partial charge in [0.05, 0.1) is 24.8 Å². The molecule has 1 aromatic heterocycles. The van der Waals surface area contributed by atoms with E-state index in [1.807, 2.05) is 47.0 Å². The summed E-state index contributed by atoms with van der Waals surface area (Å²) in [6.45, 7) is 3.47. The molecule has 0 aliphatic heterocycles. The predicted molar refractivity (Wildman–Crippen MR) is 108 cm³/mol. The van der Waals surface area contributed by atoms with Crippen molar-refractivity contribution in [3.05, 3.63) is 71.0 Å². The fourth-order valence-electron chi connectivity index (χ4n) is 2.89. The Labute approximate surface area is 165 Å². The number of benzene rings is 2. The largest absolute Gasteiger partial charge is 0.494 e. The van der Waals surface area contributed by atoms with Crippen LogP contribution in [0.25, 0.3) is 11.4 Å². The molecule has 0 N–H and O–H groups in total. The van der Waals surface area contributed by atoms with E-state index in [0.717, 1.165) is 47.8 Å². The highest BCUT2D eigenvalue weighted by Gasteiger charge is 2.17. The van der Waals surface area contributed by atoms with Crippen molar-refractivity contribution >= 4 is 11.6 Å². The number of halogens is 1. The third-order valence-corrected chi connectivity index (χ3v) is 4.64. The summed E-state index contributed by atoms with van der Waals surface area (Å²) in [6.07, 6.45) is 2.36. The quantitative estimate of drug-likeness (QED) is 0.486. The molecule has 5 heteroatoms. The Morgan fingerprint density at radius 1 is 1.11 bits per heavy atom. The topological polar surface area (TPSA) is 50.8 Å². The van der Waals surface area contributed by atoms with Crippen molar-refractivity contribution in [2.24, 2.45) is 0 Å². The Morgan fingerprint density at radius 3 is 2.52 bits per heavy atom. The second kappa shape index (κ2) is 9.25. The lowest BCUT2D eigenvalue weighted by Crippen LogP contribution is -2.06. The maximum absolute atomic E-state index is 9.19. The summed E-state index contributed by atoms with van der Waals surface area (Å²) < 4.78 is 7.76. The molecule has 0 aliphatic carbocycles. The van der Waals surface area contributed by atoms with Crippen LogP contribution in [0.15, 0.2) is 54.6 Å². The van der Waals surface area contributed by atoms with E-state index in [1.54, 1.807) is 0 Å². The summed E-state index contributed by atoms with van der Waals surface area (Å²) in [4.78, 5) is 4.54. The van der Waals surface area contributed by atoms with E-state index in [2.05, 4.69) is 30.1 Å². The third kappa shape index (κ3) is 4.69. The van der Waals surface area contributed by atoms with E-state index < -0.39 is 0 Å². The van der Waals surface area contributed by atoms with E-state index in [-0.39, 0.29) is 6.42 Å². The third-order valence-electron chi connectivity index (χ3n) is 4.33. The van der Waals surface area contributed by atoms with Crippen LogP contribution in [0.5, 0.6) is 5.75 Å². The van der Waals surface area contributed by atoms with Gasteiger partial charge >= 0.3 is 0 Å². The molecule has 0 unspecified atom stereocenters. The first kappa shape index (κ1) is 19.0. The number of unbranched alkanes of at least 4 members (excludes halogenated alkanes) is 1. The lowest BCUT2D eigenvalue weighted by Gasteiger charge is -2.12. The summed E-state index contributed by atoms with van der Waals surface area (Å²) in [7, 11) is 0. The van der Waals surface area contributed by atoms with Gasteiger partial charge in [0.1, 0.15) is 11.6 Å². The molecule has 4 nitrogen and oxygen atoms in total. The number of rotatable bonds is 8. The minimum Gasteiger partial charge on any atom is -0.494 e. The predicted octanol–water partition coefficient (Wildman–Crippen LogP) is 5.50. The van der Waals surface area contributed by atoms with Gasteiger partial charge in [0.2, 0.25) is 0 Å². The first-order valence-corrected chi connectivity index (χ1v) is 9.49. The first-order chi connectivity index (χ1) is 13.2. The summed E-state index contributed by atoms with van der Waals surface area (Å²) in [5.41, 5.74) is 2.81. The van der Waals surface area contributed by atoms with Crippen molar-refractivity contribution in [1.29, 1.82) is 5.26 Å². The smallest absolute Gasteiger partial charge is 0.152 e. The van der Waals surface area contributed by atoms with Crippen LogP contribution >= 0.6 is 11.6 Å². The zero-order valence-corrected chi connectivity index (χ0v) is 16.1. The molecular weight excluding hydrogens is 358 g/mol. The van der Waals surface area contributed by atoms with Crippen LogP contribution < -0.4 is 4.74 Å². The number of nitriles is 1. The van der Waals surface area contributed by atoms with Crippen molar-refractivity contribution in [1.82, 2.24) is 9.55 Å². The Morgan fingerprint density at radius 2 is 1.85 bits per heavy atom. The van der Waals surface area contributed by atoms with Crippen molar-refractivity contribution in [2.45, 2.75) is 32.7 Å². The van der Waals surface area contributed by atoms with Gasteiger partial charge in [-0.25, -0.2) is 4.98 Å². The molecule has 0 amide bonds. The minimum atomic E-state index is 0.219. The number of ether oxygens (including phenoxy) is 1. The molecule has 27 heavy (non-hydrogen) atoms. The molecular formula is C22H22ClN3O. The van der Waals surface area contributed by atoms with Crippen molar-refractivity contribution in [3.8, 4) is 23.2 Å². The van der Waals surface area contributed by atoms with Crippen molar-refractivity contribution < 1.29 is 4.74 Å². The Bertz CT molecular complexity index is 911. The van der Waals surface area contributed by atoms with E-state index in [1.165, 1.54) is 0 Å². The van der Waals surface area contributed by atoms with Gasteiger partial charge < -0.3 is 9.30 Å². The molecule has 0 atom stereocenters. The van der Waals surface area contributed by atoms with Gasteiger partial charge in [0, 0.05) is 12.1 Å². The number of aromatic nitrogens is 2. The van der Waals surface area contributed by atoms with E-state index in [0.29, 0.717) is 11.7 Å². The van der Waals surface area contributed by atoms with Crippen LogP contribution in [0.4, 0.5) is 0 Å². The van der Waals surface area contributed by atoms with Gasteiger partial charge in [0.25, 0.3) is 0 Å². The highest BCUT2D eigenvalue weighted by atomic mass is 35.5. The van der Waals surface area contributed by atoms with E-state index in [9.17, 15) is 5.26 Å². The highest BCUT2D eigenvalue weighted by molar-refractivity contribution is 6.30. The molecule has 0 saturated carbocycles. The fourth-order valence-corrected chi connectivity index (χ4v) is 3.14. The van der Waals surface area contributed by atoms with Crippen LogP contribution in [-0.2, 0) is 13.0 Å². The summed E-state index contributed by atoms with van der Waals surface area (Å²) in [5, 5.41) is 9.57. The molecule has 3 aromatic rings. The Hall–Kier alpha value is -2.77. The van der Waals surface area contributed by atoms with Gasteiger partial charge in [-0.15, -0.1) is 0 Å². The average Bonchev–Trinajstić information content (AvgIpc) is 2.99. The van der Waals surface area contributed by atoms with Gasteiger partial charge in [-0.3, -0.25) is 0 Å². The highest BCUT2D eigenvalue weighted by Crippen LogP contribution is 2.28. The molecule has 0 spiro atoms. The Kier molecular flexibility index (Phi) is 6.51. The average molecular weight is 380 g/mol. The Balaban J connectivity index is 1.92. The molecule has 138 valence electrons. The van der Waals surface area contributed by atoms with E-state index in [4.69, 9.17) is 16.3 Å².